The lowest BCUT2D eigenvalue weighted by Gasteiger charge is -2.05. The van der Waals surface area contributed by atoms with E-state index >= 15 is 0 Å². The predicted molar refractivity (Wildman–Crippen MR) is 60.7 cm³/mol. The van der Waals surface area contributed by atoms with Gasteiger partial charge in [-0.25, -0.2) is 0 Å². The van der Waals surface area contributed by atoms with E-state index < -0.39 is 0 Å². The summed E-state index contributed by atoms with van der Waals surface area (Å²) in [4.78, 5) is 0. The second kappa shape index (κ2) is 6.07. The lowest BCUT2D eigenvalue weighted by molar-refractivity contribution is 0.629. The molecule has 1 unspecified atom stereocenters. The number of hydrogen-bond acceptors (Lipinski definition) is 1. The van der Waals surface area contributed by atoms with E-state index in [1.165, 1.54) is 12.1 Å². The zero-order valence-electron chi connectivity index (χ0n) is 9.04. The second-order valence-electron chi connectivity index (χ2n) is 3.76. The maximum atomic E-state index is 6.13. The van der Waals surface area contributed by atoms with E-state index in [4.69, 9.17) is 11.6 Å². The maximum absolute atomic E-state index is 6.13. The molecule has 0 saturated carbocycles. The molecular weight excluding hydrogens is 196 g/mol. The van der Waals surface area contributed by atoms with E-state index in [0.29, 0.717) is 5.38 Å². The Hall–Kier alpha value is -0.500. The van der Waals surface area contributed by atoms with Crippen molar-refractivity contribution >= 4 is 11.6 Å². The number of aromatic nitrogens is 2. The van der Waals surface area contributed by atoms with Crippen molar-refractivity contribution in [2.24, 2.45) is 7.05 Å². The Morgan fingerprint density at radius 3 is 2.86 bits per heavy atom. The maximum Gasteiger partial charge on any atom is 0.0624 e. The van der Waals surface area contributed by atoms with Gasteiger partial charge in [0.1, 0.15) is 0 Å². The smallest absolute Gasteiger partial charge is 0.0624 e. The molecule has 1 atom stereocenters. The van der Waals surface area contributed by atoms with Crippen LogP contribution in [0.3, 0.4) is 0 Å². The zero-order valence-corrected chi connectivity index (χ0v) is 9.80. The number of nitrogens with zero attached hydrogens (tertiary/aromatic N) is 2. The van der Waals surface area contributed by atoms with Crippen molar-refractivity contribution in [2.75, 3.05) is 0 Å². The van der Waals surface area contributed by atoms with Crippen LogP contribution in [0.15, 0.2) is 12.3 Å². The van der Waals surface area contributed by atoms with Gasteiger partial charge in [-0.05, 0) is 31.7 Å². The molecule has 1 aromatic heterocycles. The average Bonchev–Trinajstić information content (AvgIpc) is 2.52. The van der Waals surface area contributed by atoms with Gasteiger partial charge in [0.05, 0.1) is 5.69 Å². The molecule has 1 aromatic rings. The molecule has 0 N–H and O–H groups in total. The SMILES string of the molecule is CCCC(Cl)CCCc1ccn(C)n1. The summed E-state index contributed by atoms with van der Waals surface area (Å²) < 4.78 is 1.85. The molecule has 0 bridgehead atoms. The lowest BCUT2D eigenvalue weighted by Crippen LogP contribution is -1.99. The van der Waals surface area contributed by atoms with Crippen LogP contribution in [0.5, 0.6) is 0 Å². The summed E-state index contributed by atoms with van der Waals surface area (Å²) in [6.45, 7) is 2.17. The van der Waals surface area contributed by atoms with Crippen LogP contribution in [0.2, 0.25) is 0 Å². The Labute approximate surface area is 91.3 Å². The van der Waals surface area contributed by atoms with E-state index in [1.54, 1.807) is 0 Å². The van der Waals surface area contributed by atoms with Gasteiger partial charge >= 0.3 is 0 Å². The number of hydrogen-bond donors (Lipinski definition) is 0. The minimum absolute atomic E-state index is 0.351. The predicted octanol–water partition coefficient (Wildman–Crippen LogP) is 3.15. The monoisotopic (exact) mass is 214 g/mol. The summed E-state index contributed by atoms with van der Waals surface area (Å²) in [6.07, 6.45) is 7.59. The van der Waals surface area contributed by atoms with Crippen LogP contribution in [0.1, 0.15) is 38.3 Å². The summed E-state index contributed by atoms with van der Waals surface area (Å²) in [6, 6.07) is 2.07. The van der Waals surface area contributed by atoms with Gasteiger partial charge in [-0.2, -0.15) is 5.10 Å². The van der Waals surface area contributed by atoms with Crippen LogP contribution in [-0.4, -0.2) is 15.2 Å². The molecule has 0 spiro atoms. The average molecular weight is 215 g/mol. The van der Waals surface area contributed by atoms with E-state index in [1.807, 2.05) is 17.9 Å². The van der Waals surface area contributed by atoms with E-state index in [2.05, 4.69) is 18.1 Å². The largest absolute Gasteiger partial charge is 0.276 e. The van der Waals surface area contributed by atoms with Gasteiger partial charge in [0.2, 0.25) is 0 Å². The third kappa shape index (κ3) is 4.14. The Morgan fingerprint density at radius 2 is 2.29 bits per heavy atom. The third-order valence-corrected chi connectivity index (χ3v) is 2.76. The number of halogens is 1. The summed E-state index contributed by atoms with van der Waals surface area (Å²) in [5.74, 6) is 0. The molecule has 0 radical (unpaired) electrons. The Bertz CT molecular complexity index is 258. The normalized spacial score (nSPS) is 13.1. The van der Waals surface area contributed by atoms with Crippen LogP contribution in [-0.2, 0) is 13.5 Å². The van der Waals surface area contributed by atoms with Crippen molar-refractivity contribution in [1.82, 2.24) is 9.78 Å². The molecule has 14 heavy (non-hydrogen) atoms. The highest BCUT2D eigenvalue weighted by Gasteiger charge is 2.03. The molecule has 0 saturated heterocycles. The van der Waals surface area contributed by atoms with Crippen molar-refractivity contribution in [3.05, 3.63) is 18.0 Å². The molecule has 0 fully saturated rings. The summed E-state index contributed by atoms with van der Waals surface area (Å²) in [5.41, 5.74) is 1.17. The highest BCUT2D eigenvalue weighted by atomic mass is 35.5. The van der Waals surface area contributed by atoms with Crippen LogP contribution in [0.4, 0.5) is 0 Å². The summed E-state index contributed by atoms with van der Waals surface area (Å²) in [7, 11) is 1.95. The summed E-state index contributed by atoms with van der Waals surface area (Å²) in [5, 5.41) is 4.68. The minimum Gasteiger partial charge on any atom is -0.276 e. The van der Waals surface area contributed by atoms with Gasteiger partial charge in [0, 0.05) is 18.6 Å². The fourth-order valence-corrected chi connectivity index (χ4v) is 1.93. The molecule has 0 amide bonds. The van der Waals surface area contributed by atoms with Crippen LogP contribution in [0, 0.1) is 0 Å². The van der Waals surface area contributed by atoms with Crippen molar-refractivity contribution in [1.29, 1.82) is 0 Å². The second-order valence-corrected chi connectivity index (χ2v) is 4.38. The van der Waals surface area contributed by atoms with Gasteiger partial charge < -0.3 is 0 Å². The van der Waals surface area contributed by atoms with Gasteiger partial charge in [-0.3, -0.25) is 4.68 Å². The van der Waals surface area contributed by atoms with Gasteiger partial charge in [-0.1, -0.05) is 13.3 Å². The molecule has 0 aliphatic heterocycles. The van der Waals surface area contributed by atoms with Crippen molar-refractivity contribution in [3.8, 4) is 0 Å². The quantitative estimate of drug-likeness (QED) is 0.666. The van der Waals surface area contributed by atoms with E-state index in [0.717, 1.165) is 25.7 Å². The first-order valence-corrected chi connectivity index (χ1v) is 5.78. The minimum atomic E-state index is 0.351. The fraction of sp³-hybridized carbons (Fsp3) is 0.727. The Morgan fingerprint density at radius 1 is 1.50 bits per heavy atom. The highest BCUT2D eigenvalue weighted by molar-refractivity contribution is 6.20. The van der Waals surface area contributed by atoms with Crippen molar-refractivity contribution < 1.29 is 0 Å². The van der Waals surface area contributed by atoms with Crippen LogP contribution in [0.25, 0.3) is 0 Å². The van der Waals surface area contributed by atoms with E-state index in [9.17, 15) is 0 Å². The molecule has 1 rings (SSSR count). The highest BCUT2D eigenvalue weighted by Crippen LogP contribution is 2.13. The molecule has 3 heteroatoms. The first-order valence-electron chi connectivity index (χ1n) is 5.35. The molecule has 80 valence electrons. The molecular formula is C11H19ClN2. The Kier molecular flexibility index (Phi) is 5.02. The van der Waals surface area contributed by atoms with Crippen molar-refractivity contribution in [2.45, 2.75) is 44.4 Å². The van der Waals surface area contributed by atoms with Gasteiger partial charge in [0.25, 0.3) is 0 Å². The molecule has 0 aromatic carbocycles. The Balaban J connectivity index is 2.15. The van der Waals surface area contributed by atoms with Gasteiger partial charge in [-0.15, -0.1) is 11.6 Å². The molecule has 1 heterocycles. The summed E-state index contributed by atoms with van der Waals surface area (Å²) >= 11 is 6.13. The molecule has 0 aliphatic carbocycles. The number of aryl methyl sites for hydroxylation is 2. The number of alkyl halides is 1. The zero-order chi connectivity index (χ0) is 10.4. The third-order valence-electron chi connectivity index (χ3n) is 2.32. The molecule has 2 nitrogen and oxygen atoms in total. The van der Waals surface area contributed by atoms with Gasteiger partial charge in [0.15, 0.2) is 0 Å². The van der Waals surface area contributed by atoms with Crippen LogP contribution < -0.4 is 0 Å². The standard InChI is InChI=1S/C11H19ClN2/c1-3-5-10(12)6-4-7-11-8-9-14(2)13-11/h8-10H,3-7H2,1-2H3. The lowest BCUT2D eigenvalue weighted by atomic mass is 10.1. The van der Waals surface area contributed by atoms with E-state index in [-0.39, 0.29) is 0 Å². The first kappa shape index (κ1) is 11.6. The number of rotatable bonds is 6. The first-order chi connectivity index (χ1) is 6.72. The van der Waals surface area contributed by atoms with Crippen molar-refractivity contribution in [3.63, 3.8) is 0 Å². The fourth-order valence-electron chi connectivity index (χ4n) is 1.56. The topological polar surface area (TPSA) is 17.8 Å². The molecule has 0 aliphatic rings. The van der Waals surface area contributed by atoms with Crippen LogP contribution >= 0.6 is 11.6 Å².